The number of aryl methyl sites for hydroxylation is 2. The highest BCUT2D eigenvalue weighted by Crippen LogP contribution is 2.14. The van der Waals surface area contributed by atoms with Crippen LogP contribution in [0.25, 0.3) is 0 Å². The lowest BCUT2D eigenvalue weighted by molar-refractivity contribution is -0.129. The summed E-state index contributed by atoms with van der Waals surface area (Å²) in [4.78, 5) is 50.9. The molecule has 34 heavy (non-hydrogen) atoms. The van der Waals surface area contributed by atoms with Crippen molar-refractivity contribution < 1.29 is 19.2 Å². The van der Waals surface area contributed by atoms with Crippen LogP contribution in [0.2, 0.25) is 0 Å². The van der Waals surface area contributed by atoms with E-state index >= 15 is 0 Å². The van der Waals surface area contributed by atoms with E-state index in [2.05, 4.69) is 10.6 Å². The Bertz CT molecular complexity index is 901. The average molecular weight is 467 g/mol. The van der Waals surface area contributed by atoms with E-state index in [1.807, 2.05) is 24.3 Å². The summed E-state index contributed by atoms with van der Waals surface area (Å²) in [5.74, 6) is -0.343. The molecule has 0 aliphatic heterocycles. The van der Waals surface area contributed by atoms with Crippen LogP contribution in [-0.2, 0) is 32.0 Å². The number of benzene rings is 2. The molecular weight excluding hydrogens is 432 g/mol. The SMILES string of the molecule is CN(C)C(=O)CCc1ccc(NC(=O)CCC(=O)Nc2ccc(CCC(=O)N(C)C)cc2)cc1. The molecule has 0 saturated heterocycles. The lowest BCUT2D eigenvalue weighted by Crippen LogP contribution is -2.21. The molecule has 0 saturated carbocycles. The molecule has 2 rings (SSSR count). The number of hydrogen-bond donors (Lipinski definition) is 2. The van der Waals surface area contributed by atoms with Crippen LogP contribution < -0.4 is 10.6 Å². The Hall–Kier alpha value is -3.68. The van der Waals surface area contributed by atoms with E-state index in [0.717, 1.165) is 11.1 Å². The minimum Gasteiger partial charge on any atom is -0.349 e. The minimum atomic E-state index is -0.244. The van der Waals surface area contributed by atoms with Crippen LogP contribution >= 0.6 is 0 Å². The quantitative estimate of drug-likeness (QED) is 0.532. The van der Waals surface area contributed by atoms with Gasteiger partial charge in [0.2, 0.25) is 23.6 Å². The van der Waals surface area contributed by atoms with Crippen molar-refractivity contribution in [1.29, 1.82) is 0 Å². The van der Waals surface area contributed by atoms with Crippen molar-refractivity contribution in [3.05, 3.63) is 59.7 Å². The topological polar surface area (TPSA) is 98.8 Å². The molecule has 0 unspecified atom stereocenters. The van der Waals surface area contributed by atoms with Crippen LogP contribution in [0, 0.1) is 0 Å². The van der Waals surface area contributed by atoms with Crippen LogP contribution in [0.3, 0.4) is 0 Å². The molecule has 2 N–H and O–H groups in total. The van der Waals surface area contributed by atoms with Gasteiger partial charge < -0.3 is 20.4 Å². The van der Waals surface area contributed by atoms with Crippen molar-refractivity contribution in [2.45, 2.75) is 38.5 Å². The maximum absolute atomic E-state index is 12.2. The minimum absolute atomic E-state index is 0.0651. The van der Waals surface area contributed by atoms with Gasteiger partial charge >= 0.3 is 0 Å². The molecule has 0 heterocycles. The van der Waals surface area contributed by atoms with Crippen LogP contribution in [0.1, 0.15) is 36.8 Å². The maximum Gasteiger partial charge on any atom is 0.224 e. The number of anilines is 2. The van der Waals surface area contributed by atoms with Gasteiger partial charge in [-0.1, -0.05) is 24.3 Å². The summed E-state index contributed by atoms with van der Waals surface area (Å²) in [7, 11) is 6.93. The Morgan fingerprint density at radius 2 is 0.882 bits per heavy atom. The number of hydrogen-bond acceptors (Lipinski definition) is 4. The van der Waals surface area contributed by atoms with E-state index in [1.165, 1.54) is 0 Å². The normalized spacial score (nSPS) is 10.4. The highest BCUT2D eigenvalue weighted by atomic mass is 16.2. The molecule has 8 heteroatoms. The molecule has 2 aromatic carbocycles. The standard InChI is InChI=1S/C26H34N4O4/c1-29(2)25(33)17-9-19-5-11-21(12-6-19)27-23(31)15-16-24(32)28-22-13-7-20(8-14-22)10-18-26(34)30(3)4/h5-8,11-14H,9-10,15-18H2,1-4H3,(H,27,31)(H,28,32). The predicted octanol–water partition coefficient (Wildman–Crippen LogP) is 3.09. The van der Waals surface area contributed by atoms with E-state index in [1.54, 1.807) is 62.3 Å². The van der Waals surface area contributed by atoms with Crippen molar-refractivity contribution >= 4 is 35.0 Å². The zero-order chi connectivity index (χ0) is 25.1. The average Bonchev–Trinajstić information content (AvgIpc) is 2.81. The van der Waals surface area contributed by atoms with E-state index in [9.17, 15) is 19.2 Å². The highest BCUT2D eigenvalue weighted by molar-refractivity contribution is 5.96. The third kappa shape index (κ3) is 9.44. The number of carbonyl (C=O) groups excluding carboxylic acids is 4. The summed E-state index contributed by atoms with van der Waals surface area (Å²) >= 11 is 0. The van der Waals surface area contributed by atoms with Crippen LogP contribution in [0.15, 0.2) is 48.5 Å². The Morgan fingerprint density at radius 3 is 1.18 bits per heavy atom. The molecular formula is C26H34N4O4. The van der Waals surface area contributed by atoms with Crippen molar-refractivity contribution in [3.8, 4) is 0 Å². The molecule has 0 aliphatic rings. The first-order valence-corrected chi connectivity index (χ1v) is 11.3. The maximum atomic E-state index is 12.2. The van der Waals surface area contributed by atoms with E-state index in [0.29, 0.717) is 37.1 Å². The molecule has 0 radical (unpaired) electrons. The molecule has 0 atom stereocenters. The summed E-state index contributed by atoms with van der Waals surface area (Å²) in [6.07, 6.45) is 2.28. The van der Waals surface area contributed by atoms with Crippen LogP contribution in [0.5, 0.6) is 0 Å². The van der Waals surface area contributed by atoms with Gasteiger partial charge in [-0.25, -0.2) is 0 Å². The van der Waals surface area contributed by atoms with Gasteiger partial charge in [-0.3, -0.25) is 19.2 Å². The largest absolute Gasteiger partial charge is 0.349 e. The molecule has 4 amide bonds. The van der Waals surface area contributed by atoms with E-state index in [-0.39, 0.29) is 36.5 Å². The summed E-state index contributed by atoms with van der Waals surface area (Å²) in [5, 5.41) is 5.57. The van der Waals surface area contributed by atoms with Gasteiger partial charge in [0.1, 0.15) is 0 Å². The first-order chi connectivity index (χ1) is 16.1. The van der Waals surface area contributed by atoms with Gasteiger partial charge in [0.05, 0.1) is 0 Å². The van der Waals surface area contributed by atoms with E-state index < -0.39 is 0 Å². The summed E-state index contributed by atoms with van der Waals surface area (Å²) in [6, 6.07) is 14.7. The number of amides is 4. The lowest BCUT2D eigenvalue weighted by atomic mass is 10.1. The van der Waals surface area contributed by atoms with Gasteiger partial charge in [0.25, 0.3) is 0 Å². The predicted molar refractivity (Wildman–Crippen MR) is 133 cm³/mol. The fourth-order valence-corrected chi connectivity index (χ4v) is 3.13. The zero-order valence-electron chi connectivity index (χ0n) is 20.4. The fraction of sp³-hybridized carbons (Fsp3) is 0.385. The van der Waals surface area contributed by atoms with Crippen LogP contribution in [0.4, 0.5) is 11.4 Å². The van der Waals surface area contributed by atoms with Gasteiger partial charge in [0, 0.05) is 65.2 Å². The zero-order valence-corrected chi connectivity index (χ0v) is 20.4. The van der Waals surface area contributed by atoms with Crippen LogP contribution in [-0.4, -0.2) is 61.6 Å². The number of nitrogens with one attached hydrogen (secondary N) is 2. The third-order valence-corrected chi connectivity index (χ3v) is 5.31. The second kappa shape index (κ2) is 13.1. The summed E-state index contributed by atoms with van der Waals surface area (Å²) < 4.78 is 0. The van der Waals surface area contributed by atoms with Gasteiger partial charge in [-0.15, -0.1) is 0 Å². The van der Waals surface area contributed by atoms with Crippen molar-refractivity contribution in [2.75, 3.05) is 38.8 Å². The molecule has 2 aromatic rings. The molecule has 0 aliphatic carbocycles. The first-order valence-electron chi connectivity index (χ1n) is 11.3. The molecule has 0 fully saturated rings. The second-order valence-corrected chi connectivity index (χ2v) is 8.57. The van der Waals surface area contributed by atoms with Gasteiger partial charge in [0.15, 0.2) is 0 Å². The summed E-state index contributed by atoms with van der Waals surface area (Å²) in [6.45, 7) is 0. The Labute approximate surface area is 201 Å². The van der Waals surface area contributed by atoms with Crippen molar-refractivity contribution in [2.24, 2.45) is 0 Å². The fourth-order valence-electron chi connectivity index (χ4n) is 3.13. The highest BCUT2D eigenvalue weighted by Gasteiger charge is 2.09. The molecule has 8 nitrogen and oxygen atoms in total. The third-order valence-electron chi connectivity index (χ3n) is 5.31. The molecule has 0 spiro atoms. The number of nitrogens with zero attached hydrogens (tertiary/aromatic N) is 2. The van der Waals surface area contributed by atoms with Crippen molar-refractivity contribution in [1.82, 2.24) is 9.80 Å². The second-order valence-electron chi connectivity index (χ2n) is 8.57. The van der Waals surface area contributed by atoms with Crippen molar-refractivity contribution in [3.63, 3.8) is 0 Å². The smallest absolute Gasteiger partial charge is 0.224 e. The Kier molecular flexibility index (Phi) is 10.3. The lowest BCUT2D eigenvalue weighted by Gasteiger charge is -2.11. The van der Waals surface area contributed by atoms with Gasteiger partial charge in [-0.2, -0.15) is 0 Å². The number of rotatable bonds is 11. The Morgan fingerprint density at radius 1 is 0.559 bits per heavy atom. The molecule has 182 valence electrons. The van der Waals surface area contributed by atoms with E-state index in [4.69, 9.17) is 0 Å². The molecule has 0 bridgehead atoms. The summed E-state index contributed by atoms with van der Waals surface area (Å²) in [5.41, 5.74) is 3.33. The first kappa shape index (κ1) is 26.6. The molecule has 0 aromatic heterocycles. The monoisotopic (exact) mass is 466 g/mol. The van der Waals surface area contributed by atoms with Gasteiger partial charge in [-0.05, 0) is 48.2 Å². The Balaban J connectivity index is 1.72. The number of carbonyl (C=O) groups is 4.